The first kappa shape index (κ1) is 15.5. The Morgan fingerprint density at radius 3 is 2.60 bits per heavy atom. The van der Waals surface area contributed by atoms with E-state index in [1.54, 1.807) is 4.90 Å². The molecule has 1 amide bonds. The number of ether oxygens (including phenoxy) is 3. The zero-order valence-electron chi connectivity index (χ0n) is 12.9. The van der Waals surface area contributed by atoms with Gasteiger partial charge < -0.3 is 19.1 Å². The second kappa shape index (κ2) is 6.28. The van der Waals surface area contributed by atoms with Crippen LogP contribution in [0.3, 0.4) is 0 Å². The van der Waals surface area contributed by atoms with Crippen molar-refractivity contribution in [1.82, 2.24) is 9.80 Å². The van der Waals surface area contributed by atoms with Crippen molar-refractivity contribution < 1.29 is 19.0 Å². The number of hydrogen-bond acceptors (Lipinski definition) is 5. The monoisotopic (exact) mass is 286 g/mol. The summed E-state index contributed by atoms with van der Waals surface area (Å²) < 4.78 is 16.4. The fraction of sp³-hybridized carbons (Fsp3) is 0.929. The third kappa shape index (κ3) is 4.07. The Labute approximate surface area is 120 Å². The molecule has 0 aromatic heterocycles. The molecule has 2 aliphatic rings. The lowest BCUT2D eigenvalue weighted by molar-refractivity contribution is -0.188. The highest BCUT2D eigenvalue weighted by molar-refractivity contribution is 5.69. The standard InChI is InChI=1S/C14H26N2O4/c1-5-18-12-10-15(6-7-19-12)11-8-16(9-11)13(17)20-14(2,3)4/h11-12H,5-10H2,1-4H3. The first-order chi connectivity index (χ1) is 9.39. The lowest BCUT2D eigenvalue weighted by atomic mass is 10.1. The third-order valence-corrected chi connectivity index (χ3v) is 3.45. The van der Waals surface area contributed by atoms with Gasteiger partial charge in [0.2, 0.25) is 0 Å². The number of morpholine rings is 1. The van der Waals surface area contributed by atoms with E-state index in [0.717, 1.165) is 26.2 Å². The fourth-order valence-corrected chi connectivity index (χ4v) is 2.42. The maximum atomic E-state index is 11.9. The van der Waals surface area contributed by atoms with E-state index in [4.69, 9.17) is 14.2 Å². The molecule has 2 heterocycles. The second-order valence-electron chi connectivity index (χ2n) is 6.29. The molecule has 0 aliphatic carbocycles. The molecule has 0 saturated carbocycles. The molecule has 0 aromatic rings. The van der Waals surface area contributed by atoms with Crippen molar-refractivity contribution >= 4 is 6.09 Å². The summed E-state index contributed by atoms with van der Waals surface area (Å²) in [4.78, 5) is 16.0. The lowest BCUT2D eigenvalue weighted by Crippen LogP contribution is -2.64. The van der Waals surface area contributed by atoms with Crippen LogP contribution in [0, 0.1) is 0 Å². The zero-order valence-corrected chi connectivity index (χ0v) is 12.9. The summed E-state index contributed by atoms with van der Waals surface area (Å²) in [6.07, 6.45) is -0.354. The van der Waals surface area contributed by atoms with E-state index in [1.807, 2.05) is 27.7 Å². The minimum Gasteiger partial charge on any atom is -0.444 e. The van der Waals surface area contributed by atoms with Gasteiger partial charge in [-0.3, -0.25) is 4.90 Å². The van der Waals surface area contributed by atoms with Gasteiger partial charge in [-0.2, -0.15) is 0 Å². The summed E-state index contributed by atoms with van der Waals surface area (Å²) in [5, 5.41) is 0. The Bertz CT molecular complexity index is 335. The lowest BCUT2D eigenvalue weighted by Gasteiger charge is -2.47. The number of amides is 1. The van der Waals surface area contributed by atoms with E-state index in [1.165, 1.54) is 0 Å². The van der Waals surface area contributed by atoms with Crippen LogP contribution in [0.1, 0.15) is 27.7 Å². The average molecular weight is 286 g/mol. The van der Waals surface area contributed by atoms with Crippen LogP contribution in [0.2, 0.25) is 0 Å². The van der Waals surface area contributed by atoms with E-state index in [9.17, 15) is 4.79 Å². The first-order valence-corrected chi connectivity index (χ1v) is 7.34. The van der Waals surface area contributed by atoms with Crippen molar-refractivity contribution in [3.8, 4) is 0 Å². The van der Waals surface area contributed by atoms with Crippen LogP contribution in [-0.2, 0) is 14.2 Å². The van der Waals surface area contributed by atoms with E-state index in [-0.39, 0.29) is 12.4 Å². The molecule has 0 aromatic carbocycles. The summed E-state index contributed by atoms with van der Waals surface area (Å²) in [5.41, 5.74) is -0.429. The van der Waals surface area contributed by atoms with Gasteiger partial charge in [-0.05, 0) is 27.7 Å². The Morgan fingerprint density at radius 1 is 1.30 bits per heavy atom. The Balaban J connectivity index is 1.74. The maximum absolute atomic E-state index is 11.9. The Hall–Kier alpha value is -0.850. The molecular weight excluding hydrogens is 260 g/mol. The molecule has 2 fully saturated rings. The van der Waals surface area contributed by atoms with Gasteiger partial charge in [0.1, 0.15) is 5.60 Å². The molecule has 0 radical (unpaired) electrons. The summed E-state index contributed by atoms with van der Waals surface area (Å²) in [7, 11) is 0. The van der Waals surface area contributed by atoms with Crippen molar-refractivity contribution in [2.45, 2.75) is 45.6 Å². The largest absolute Gasteiger partial charge is 0.444 e. The van der Waals surface area contributed by atoms with Gasteiger partial charge in [-0.15, -0.1) is 0 Å². The van der Waals surface area contributed by atoms with Crippen molar-refractivity contribution in [3.63, 3.8) is 0 Å². The molecule has 0 N–H and O–H groups in total. The molecule has 2 saturated heterocycles. The van der Waals surface area contributed by atoms with Crippen molar-refractivity contribution in [1.29, 1.82) is 0 Å². The van der Waals surface area contributed by atoms with E-state index in [2.05, 4.69) is 4.90 Å². The smallest absolute Gasteiger partial charge is 0.410 e. The predicted octanol–water partition coefficient (Wildman–Crippen LogP) is 1.30. The van der Waals surface area contributed by atoms with Gasteiger partial charge >= 0.3 is 6.09 Å². The van der Waals surface area contributed by atoms with Crippen LogP contribution in [-0.4, -0.2) is 73.2 Å². The molecule has 0 spiro atoms. The molecule has 1 atom stereocenters. The summed E-state index contributed by atoms with van der Waals surface area (Å²) in [6, 6.07) is 0.398. The molecule has 6 heteroatoms. The summed E-state index contributed by atoms with van der Waals surface area (Å²) in [6.45, 7) is 12.1. The van der Waals surface area contributed by atoms with Gasteiger partial charge in [0, 0.05) is 32.3 Å². The van der Waals surface area contributed by atoms with Crippen LogP contribution >= 0.6 is 0 Å². The molecule has 2 rings (SSSR count). The van der Waals surface area contributed by atoms with Crippen molar-refractivity contribution in [2.24, 2.45) is 0 Å². The van der Waals surface area contributed by atoms with E-state index >= 15 is 0 Å². The quantitative estimate of drug-likeness (QED) is 0.783. The number of hydrogen-bond donors (Lipinski definition) is 0. The van der Waals surface area contributed by atoms with Crippen LogP contribution in [0.4, 0.5) is 4.79 Å². The van der Waals surface area contributed by atoms with Crippen LogP contribution < -0.4 is 0 Å². The number of rotatable bonds is 3. The minimum absolute atomic E-state index is 0.135. The van der Waals surface area contributed by atoms with Crippen LogP contribution in [0.25, 0.3) is 0 Å². The molecule has 2 aliphatic heterocycles. The maximum Gasteiger partial charge on any atom is 0.410 e. The van der Waals surface area contributed by atoms with Gasteiger partial charge in [-0.25, -0.2) is 4.79 Å². The Morgan fingerprint density at radius 2 is 2.00 bits per heavy atom. The molecule has 116 valence electrons. The van der Waals surface area contributed by atoms with Gasteiger partial charge in [-0.1, -0.05) is 0 Å². The highest BCUT2D eigenvalue weighted by Crippen LogP contribution is 2.21. The highest BCUT2D eigenvalue weighted by atomic mass is 16.7. The van der Waals surface area contributed by atoms with Gasteiger partial charge in [0.15, 0.2) is 6.29 Å². The molecule has 6 nitrogen and oxygen atoms in total. The number of carbonyl (C=O) groups excluding carboxylic acids is 1. The van der Waals surface area contributed by atoms with Crippen LogP contribution in [0.15, 0.2) is 0 Å². The number of carbonyl (C=O) groups is 1. The van der Waals surface area contributed by atoms with Crippen molar-refractivity contribution in [2.75, 3.05) is 39.4 Å². The molecule has 1 unspecified atom stereocenters. The van der Waals surface area contributed by atoms with Crippen LogP contribution in [0.5, 0.6) is 0 Å². The minimum atomic E-state index is -0.429. The summed E-state index contributed by atoms with van der Waals surface area (Å²) in [5.74, 6) is 0. The zero-order chi connectivity index (χ0) is 14.8. The van der Waals surface area contributed by atoms with E-state index < -0.39 is 5.60 Å². The summed E-state index contributed by atoms with van der Waals surface area (Å²) >= 11 is 0. The fourth-order valence-electron chi connectivity index (χ4n) is 2.42. The topological polar surface area (TPSA) is 51.2 Å². The van der Waals surface area contributed by atoms with E-state index in [0.29, 0.717) is 19.3 Å². The molecule has 0 bridgehead atoms. The molecule has 20 heavy (non-hydrogen) atoms. The Kier molecular flexibility index (Phi) is 4.88. The SMILES string of the molecule is CCOC1CN(C2CN(C(=O)OC(C)(C)C)C2)CCO1. The highest BCUT2D eigenvalue weighted by Gasteiger charge is 2.38. The van der Waals surface area contributed by atoms with Gasteiger partial charge in [0.05, 0.1) is 13.2 Å². The number of nitrogens with zero attached hydrogens (tertiary/aromatic N) is 2. The first-order valence-electron chi connectivity index (χ1n) is 7.34. The average Bonchev–Trinajstić information content (AvgIpc) is 2.25. The van der Waals surface area contributed by atoms with Gasteiger partial charge in [0.25, 0.3) is 0 Å². The number of likely N-dealkylation sites (tertiary alicyclic amines) is 1. The predicted molar refractivity (Wildman–Crippen MR) is 74.5 cm³/mol. The third-order valence-electron chi connectivity index (χ3n) is 3.45. The van der Waals surface area contributed by atoms with Crippen molar-refractivity contribution in [3.05, 3.63) is 0 Å². The molecular formula is C14H26N2O4. The normalized spacial score (nSPS) is 25.4. The second-order valence-corrected chi connectivity index (χ2v) is 6.29.